The maximum absolute atomic E-state index is 13.6. The first-order chi connectivity index (χ1) is 7.09. The average molecular weight is 322 g/mol. The smallest absolute Gasteiger partial charge is 0.264 e. The Balaban J connectivity index is 2.66. The molecule has 0 fully saturated rings. The van der Waals surface area contributed by atoms with Gasteiger partial charge in [-0.1, -0.05) is 11.2 Å². The fourth-order valence-corrected chi connectivity index (χ4v) is 1.48. The van der Waals surface area contributed by atoms with E-state index in [2.05, 4.69) is 10.1 Å². The van der Waals surface area contributed by atoms with E-state index in [1.807, 2.05) is 0 Å². The molecular formula is C9H5F2IN2O. The third kappa shape index (κ3) is 1.85. The summed E-state index contributed by atoms with van der Waals surface area (Å²) >= 11 is 1.80. The molecular weight excluding hydrogens is 317 g/mol. The van der Waals surface area contributed by atoms with E-state index in [-0.39, 0.29) is 11.5 Å². The molecule has 0 saturated heterocycles. The molecule has 2 rings (SSSR count). The molecule has 0 aliphatic rings. The summed E-state index contributed by atoms with van der Waals surface area (Å²) in [6.07, 6.45) is 0. The molecule has 0 N–H and O–H groups in total. The normalized spacial score (nSPS) is 10.7. The van der Waals surface area contributed by atoms with Gasteiger partial charge in [0, 0.05) is 22.6 Å². The van der Waals surface area contributed by atoms with Gasteiger partial charge < -0.3 is 4.52 Å². The molecule has 0 aliphatic carbocycles. The average Bonchev–Trinajstić information content (AvgIpc) is 2.59. The van der Waals surface area contributed by atoms with Crippen LogP contribution in [0.3, 0.4) is 0 Å². The SMILES string of the molecule is Cc1ccc(F)c(-c2nc(I)no2)c1F. The number of nitrogens with zero attached hydrogens (tertiary/aromatic N) is 2. The zero-order valence-electron chi connectivity index (χ0n) is 7.59. The Kier molecular flexibility index (Phi) is 2.68. The van der Waals surface area contributed by atoms with Crippen LogP contribution in [0.4, 0.5) is 8.78 Å². The van der Waals surface area contributed by atoms with Crippen LogP contribution >= 0.6 is 22.6 Å². The molecule has 6 heteroatoms. The van der Waals surface area contributed by atoms with Crippen molar-refractivity contribution in [2.24, 2.45) is 0 Å². The minimum atomic E-state index is -0.710. The standard InChI is InChI=1S/C9H5F2IN2O/c1-4-2-3-5(10)6(7(4)11)8-13-9(12)14-15-8/h2-3H,1H3. The van der Waals surface area contributed by atoms with Gasteiger partial charge in [-0.3, -0.25) is 0 Å². The highest BCUT2D eigenvalue weighted by atomic mass is 127. The summed E-state index contributed by atoms with van der Waals surface area (Å²) < 4.78 is 32.0. The molecule has 0 unspecified atom stereocenters. The van der Waals surface area contributed by atoms with Crippen LogP contribution in [0.15, 0.2) is 16.7 Å². The lowest BCUT2D eigenvalue weighted by Gasteiger charge is -2.01. The minimum Gasteiger partial charge on any atom is -0.333 e. The van der Waals surface area contributed by atoms with E-state index >= 15 is 0 Å². The van der Waals surface area contributed by atoms with Crippen molar-refractivity contribution in [1.29, 1.82) is 0 Å². The summed E-state index contributed by atoms with van der Waals surface area (Å²) in [5.41, 5.74) is 0.0602. The molecule has 1 aromatic heterocycles. The van der Waals surface area contributed by atoms with Crippen LogP contribution in [0.1, 0.15) is 5.56 Å². The predicted octanol–water partition coefficient (Wildman–Crippen LogP) is 2.93. The third-order valence-electron chi connectivity index (χ3n) is 1.90. The lowest BCUT2D eigenvalue weighted by atomic mass is 10.1. The van der Waals surface area contributed by atoms with E-state index < -0.39 is 11.6 Å². The summed E-state index contributed by atoms with van der Waals surface area (Å²) in [6, 6.07) is 2.53. The first kappa shape index (κ1) is 10.5. The van der Waals surface area contributed by atoms with Crippen LogP contribution in [0.25, 0.3) is 11.5 Å². The van der Waals surface area contributed by atoms with E-state index in [1.54, 1.807) is 29.5 Å². The summed E-state index contributed by atoms with van der Waals surface area (Å²) in [7, 11) is 0. The second-order valence-electron chi connectivity index (χ2n) is 2.92. The lowest BCUT2D eigenvalue weighted by Crippen LogP contribution is -1.93. The van der Waals surface area contributed by atoms with Gasteiger partial charge >= 0.3 is 0 Å². The quantitative estimate of drug-likeness (QED) is 0.758. The molecule has 1 heterocycles. The largest absolute Gasteiger partial charge is 0.333 e. The topological polar surface area (TPSA) is 38.9 Å². The van der Waals surface area contributed by atoms with Crippen LogP contribution in [0.5, 0.6) is 0 Å². The fourth-order valence-electron chi connectivity index (χ4n) is 1.16. The maximum atomic E-state index is 13.6. The second-order valence-corrected chi connectivity index (χ2v) is 3.89. The molecule has 0 radical (unpaired) electrons. The lowest BCUT2D eigenvalue weighted by molar-refractivity contribution is 0.420. The molecule has 3 nitrogen and oxygen atoms in total. The fraction of sp³-hybridized carbons (Fsp3) is 0.111. The van der Waals surface area contributed by atoms with Gasteiger partial charge in [0.05, 0.1) is 0 Å². The molecule has 0 spiro atoms. The summed E-state index contributed by atoms with van der Waals surface area (Å²) in [5, 5.41) is 3.47. The first-order valence-electron chi connectivity index (χ1n) is 4.04. The van der Waals surface area contributed by atoms with Gasteiger partial charge in [0.2, 0.25) is 3.83 Å². The van der Waals surface area contributed by atoms with E-state index in [0.29, 0.717) is 9.39 Å². The molecule has 0 bridgehead atoms. The highest BCUT2D eigenvalue weighted by Gasteiger charge is 2.18. The Bertz CT molecular complexity index is 513. The van der Waals surface area contributed by atoms with Crippen molar-refractivity contribution < 1.29 is 13.3 Å². The van der Waals surface area contributed by atoms with Gasteiger partial charge in [0.25, 0.3) is 5.89 Å². The molecule has 0 atom stereocenters. The minimum absolute atomic E-state index is 0.141. The number of aromatic nitrogens is 2. The summed E-state index contributed by atoms with van der Waals surface area (Å²) in [4.78, 5) is 3.77. The van der Waals surface area contributed by atoms with E-state index in [1.165, 1.54) is 12.1 Å². The van der Waals surface area contributed by atoms with Gasteiger partial charge in [0.15, 0.2) is 0 Å². The Morgan fingerprint density at radius 1 is 1.33 bits per heavy atom. The Hall–Kier alpha value is -1.05. The maximum Gasteiger partial charge on any atom is 0.264 e. The highest BCUT2D eigenvalue weighted by molar-refractivity contribution is 14.1. The van der Waals surface area contributed by atoms with Crippen molar-refractivity contribution in [3.63, 3.8) is 0 Å². The Morgan fingerprint density at radius 3 is 2.67 bits per heavy atom. The molecule has 78 valence electrons. The number of rotatable bonds is 1. The number of benzene rings is 1. The van der Waals surface area contributed by atoms with Crippen molar-refractivity contribution in [2.75, 3.05) is 0 Å². The van der Waals surface area contributed by atoms with Crippen LogP contribution in [0.2, 0.25) is 0 Å². The van der Waals surface area contributed by atoms with Gasteiger partial charge in [-0.2, -0.15) is 4.98 Å². The van der Waals surface area contributed by atoms with Gasteiger partial charge in [-0.25, -0.2) is 8.78 Å². The number of aryl methyl sites for hydroxylation is 1. The van der Waals surface area contributed by atoms with E-state index in [4.69, 9.17) is 4.52 Å². The predicted molar refractivity (Wildman–Crippen MR) is 57.1 cm³/mol. The van der Waals surface area contributed by atoms with Crippen LogP contribution in [0, 0.1) is 22.4 Å². The van der Waals surface area contributed by atoms with E-state index in [9.17, 15) is 8.78 Å². The van der Waals surface area contributed by atoms with Crippen molar-refractivity contribution in [1.82, 2.24) is 10.1 Å². The van der Waals surface area contributed by atoms with Crippen molar-refractivity contribution in [3.8, 4) is 11.5 Å². The zero-order valence-corrected chi connectivity index (χ0v) is 9.75. The van der Waals surface area contributed by atoms with Gasteiger partial charge in [0.1, 0.15) is 17.2 Å². The molecule has 1 aromatic carbocycles. The first-order valence-corrected chi connectivity index (χ1v) is 5.11. The van der Waals surface area contributed by atoms with E-state index in [0.717, 1.165) is 0 Å². The van der Waals surface area contributed by atoms with Crippen LogP contribution in [-0.4, -0.2) is 10.1 Å². The monoisotopic (exact) mass is 322 g/mol. The number of hydrogen-bond donors (Lipinski definition) is 0. The van der Waals surface area contributed by atoms with Crippen LogP contribution < -0.4 is 0 Å². The van der Waals surface area contributed by atoms with Crippen molar-refractivity contribution in [2.45, 2.75) is 6.92 Å². The molecule has 0 aliphatic heterocycles. The summed E-state index contributed by atoms with van der Waals surface area (Å²) in [6.45, 7) is 1.54. The molecule has 2 aromatic rings. The van der Waals surface area contributed by atoms with Crippen molar-refractivity contribution >= 4 is 22.6 Å². The van der Waals surface area contributed by atoms with Gasteiger partial charge in [-0.05, 0) is 18.6 Å². The van der Waals surface area contributed by atoms with Gasteiger partial charge in [-0.15, -0.1) is 0 Å². The molecule has 0 saturated carbocycles. The summed E-state index contributed by atoms with van der Waals surface area (Å²) in [5.74, 6) is -1.52. The zero-order chi connectivity index (χ0) is 11.0. The number of halogens is 3. The van der Waals surface area contributed by atoms with Crippen molar-refractivity contribution in [3.05, 3.63) is 33.2 Å². The molecule has 15 heavy (non-hydrogen) atoms. The number of hydrogen-bond acceptors (Lipinski definition) is 3. The highest BCUT2D eigenvalue weighted by Crippen LogP contribution is 2.26. The third-order valence-corrected chi connectivity index (χ3v) is 2.34. The Morgan fingerprint density at radius 2 is 2.07 bits per heavy atom. The second kappa shape index (κ2) is 3.84. The molecule has 0 amide bonds. The van der Waals surface area contributed by atoms with Crippen LogP contribution in [-0.2, 0) is 0 Å². The Labute approximate surface area is 97.6 Å².